The number of nitrogens with zero attached hydrogens (tertiary/aromatic N) is 2. The van der Waals surface area contributed by atoms with E-state index in [0.717, 1.165) is 0 Å². The summed E-state index contributed by atoms with van der Waals surface area (Å²) < 4.78 is 1.74. The maximum atomic E-state index is 13.0. The van der Waals surface area contributed by atoms with Gasteiger partial charge in [0.1, 0.15) is 17.0 Å². The first-order valence-electron chi connectivity index (χ1n) is 7.26. The van der Waals surface area contributed by atoms with Gasteiger partial charge in [0, 0.05) is 11.8 Å². The lowest BCUT2D eigenvalue weighted by atomic mass is 10.1. The summed E-state index contributed by atoms with van der Waals surface area (Å²) in [5, 5.41) is 0.440. The van der Waals surface area contributed by atoms with Gasteiger partial charge in [-0.2, -0.15) is 0 Å². The van der Waals surface area contributed by atoms with Crippen LogP contribution in [-0.2, 0) is 0 Å². The Bertz CT molecular complexity index is 1110. The van der Waals surface area contributed by atoms with Gasteiger partial charge < -0.3 is 9.38 Å². The molecule has 0 saturated heterocycles. The van der Waals surface area contributed by atoms with E-state index < -0.39 is 0 Å². The van der Waals surface area contributed by atoms with Crippen molar-refractivity contribution in [2.24, 2.45) is 0 Å². The summed E-state index contributed by atoms with van der Waals surface area (Å²) in [6, 6.07) is 14.5. The summed E-state index contributed by atoms with van der Waals surface area (Å²) in [5.74, 6) is 0.333. The molecule has 4 aromatic rings. The van der Waals surface area contributed by atoms with Gasteiger partial charge in [-0.15, -0.1) is 0 Å². The number of aromatic amines is 1. The van der Waals surface area contributed by atoms with E-state index in [1.54, 1.807) is 29.7 Å². The Balaban J connectivity index is 2.16. The monoisotopic (exact) mass is 303 g/mol. The molecule has 5 nitrogen and oxygen atoms in total. The van der Waals surface area contributed by atoms with Crippen LogP contribution in [0.5, 0.6) is 0 Å². The molecule has 0 unspecified atom stereocenters. The number of pyridine rings is 1. The molecular formula is C18H13N3O2. The van der Waals surface area contributed by atoms with Crippen LogP contribution in [-0.4, -0.2) is 20.2 Å². The Kier molecular flexibility index (Phi) is 2.87. The Morgan fingerprint density at radius 3 is 2.61 bits per heavy atom. The lowest BCUT2D eigenvalue weighted by Gasteiger charge is -2.02. The van der Waals surface area contributed by atoms with Gasteiger partial charge in [-0.05, 0) is 19.1 Å². The van der Waals surface area contributed by atoms with E-state index in [-0.39, 0.29) is 11.3 Å². The minimum absolute atomic E-state index is 0.153. The fourth-order valence-corrected chi connectivity index (χ4v) is 2.89. The van der Waals surface area contributed by atoms with Crippen molar-refractivity contribution in [2.75, 3.05) is 0 Å². The summed E-state index contributed by atoms with van der Waals surface area (Å²) in [6.07, 6.45) is 1.78. The molecule has 3 aromatic heterocycles. The first-order valence-corrected chi connectivity index (χ1v) is 7.26. The lowest BCUT2D eigenvalue weighted by Crippen LogP contribution is -2.10. The maximum Gasteiger partial charge on any atom is 0.260 e. The van der Waals surface area contributed by atoms with Crippen molar-refractivity contribution in [1.29, 1.82) is 0 Å². The molecule has 0 saturated carbocycles. The van der Waals surface area contributed by atoms with E-state index >= 15 is 0 Å². The highest BCUT2D eigenvalue weighted by molar-refractivity contribution is 6.17. The van der Waals surface area contributed by atoms with E-state index in [0.29, 0.717) is 33.5 Å². The standard InChI is InChI=1S/C18H13N3O2/c1-11-19-15-14(18(23)20-11)13-9-5-6-10-21(13)16(15)17(22)12-7-3-2-4-8-12/h2-10H,1H3,(H,19,20,23). The van der Waals surface area contributed by atoms with Crippen molar-refractivity contribution < 1.29 is 4.79 Å². The highest BCUT2D eigenvalue weighted by Crippen LogP contribution is 2.24. The van der Waals surface area contributed by atoms with Crippen LogP contribution in [0.25, 0.3) is 16.4 Å². The molecular weight excluding hydrogens is 290 g/mol. The quantitative estimate of drug-likeness (QED) is 0.579. The second-order valence-corrected chi connectivity index (χ2v) is 5.37. The average Bonchev–Trinajstić information content (AvgIpc) is 2.89. The van der Waals surface area contributed by atoms with E-state index in [4.69, 9.17) is 0 Å². The third-order valence-electron chi connectivity index (χ3n) is 3.87. The molecule has 0 aliphatic carbocycles. The summed E-state index contributed by atoms with van der Waals surface area (Å²) >= 11 is 0. The average molecular weight is 303 g/mol. The number of H-pyrrole nitrogens is 1. The molecule has 0 aliphatic rings. The Hall–Kier alpha value is -3.21. The molecule has 5 heteroatoms. The molecule has 23 heavy (non-hydrogen) atoms. The summed E-state index contributed by atoms with van der Waals surface area (Å²) in [7, 11) is 0. The second kappa shape index (κ2) is 4.91. The van der Waals surface area contributed by atoms with Gasteiger partial charge in [-0.3, -0.25) is 9.59 Å². The predicted molar refractivity (Wildman–Crippen MR) is 87.9 cm³/mol. The molecule has 0 amide bonds. The molecule has 0 fully saturated rings. The number of carbonyl (C=O) groups is 1. The molecule has 4 rings (SSSR count). The van der Waals surface area contributed by atoms with Gasteiger partial charge >= 0.3 is 0 Å². The van der Waals surface area contributed by atoms with Crippen LogP contribution in [0.15, 0.2) is 59.5 Å². The SMILES string of the molecule is Cc1nc2c(C(=O)c3ccccc3)n3ccccc3c2c(=O)[nH]1. The zero-order valence-electron chi connectivity index (χ0n) is 12.4. The molecule has 0 radical (unpaired) electrons. The number of carbonyl (C=O) groups excluding carboxylic acids is 1. The Morgan fingerprint density at radius 1 is 1.09 bits per heavy atom. The molecule has 3 heterocycles. The highest BCUT2D eigenvalue weighted by Gasteiger charge is 2.22. The van der Waals surface area contributed by atoms with E-state index in [9.17, 15) is 9.59 Å². The molecule has 112 valence electrons. The van der Waals surface area contributed by atoms with Gasteiger partial charge in [0.25, 0.3) is 5.56 Å². The van der Waals surface area contributed by atoms with Crippen molar-refractivity contribution in [3.8, 4) is 0 Å². The first-order chi connectivity index (χ1) is 11.2. The summed E-state index contributed by atoms with van der Waals surface area (Å²) in [4.78, 5) is 32.5. The van der Waals surface area contributed by atoms with Crippen molar-refractivity contribution >= 4 is 22.2 Å². The first kappa shape index (κ1) is 13.5. The van der Waals surface area contributed by atoms with Crippen LogP contribution in [0.2, 0.25) is 0 Å². The fourth-order valence-electron chi connectivity index (χ4n) is 2.89. The molecule has 0 spiro atoms. The number of aromatic nitrogens is 3. The zero-order chi connectivity index (χ0) is 16.0. The van der Waals surface area contributed by atoms with Crippen molar-refractivity contribution in [3.05, 3.63) is 82.2 Å². The normalized spacial score (nSPS) is 11.2. The number of hydrogen-bond acceptors (Lipinski definition) is 3. The van der Waals surface area contributed by atoms with Crippen LogP contribution >= 0.6 is 0 Å². The van der Waals surface area contributed by atoms with E-state index in [1.165, 1.54) is 0 Å². The van der Waals surface area contributed by atoms with Crippen LogP contribution in [0.1, 0.15) is 21.9 Å². The minimum Gasteiger partial charge on any atom is -0.311 e. The van der Waals surface area contributed by atoms with Crippen LogP contribution in [0, 0.1) is 6.92 Å². The van der Waals surface area contributed by atoms with E-state index in [2.05, 4.69) is 9.97 Å². The predicted octanol–water partition coefficient (Wildman–Crippen LogP) is 2.72. The summed E-state index contributed by atoms with van der Waals surface area (Å²) in [6.45, 7) is 1.71. The lowest BCUT2D eigenvalue weighted by molar-refractivity contribution is 0.103. The number of benzene rings is 1. The number of rotatable bonds is 2. The van der Waals surface area contributed by atoms with Crippen LogP contribution in [0.4, 0.5) is 0 Å². The topological polar surface area (TPSA) is 67.2 Å². The minimum atomic E-state index is -0.233. The molecule has 1 aromatic carbocycles. The van der Waals surface area contributed by atoms with Crippen LogP contribution < -0.4 is 5.56 Å². The number of ketones is 1. The molecule has 1 N–H and O–H groups in total. The number of aryl methyl sites for hydroxylation is 1. The third kappa shape index (κ3) is 1.97. The van der Waals surface area contributed by atoms with E-state index in [1.807, 2.05) is 36.4 Å². The largest absolute Gasteiger partial charge is 0.311 e. The van der Waals surface area contributed by atoms with Gasteiger partial charge in [-0.25, -0.2) is 4.98 Å². The molecule has 0 aliphatic heterocycles. The fraction of sp³-hybridized carbons (Fsp3) is 0.0556. The van der Waals surface area contributed by atoms with Crippen molar-refractivity contribution in [2.45, 2.75) is 6.92 Å². The smallest absolute Gasteiger partial charge is 0.260 e. The van der Waals surface area contributed by atoms with Gasteiger partial charge in [0.05, 0.1) is 10.9 Å². The van der Waals surface area contributed by atoms with Gasteiger partial charge in [0.15, 0.2) is 0 Å². The van der Waals surface area contributed by atoms with Gasteiger partial charge in [-0.1, -0.05) is 36.4 Å². The number of hydrogen-bond donors (Lipinski definition) is 1. The Labute approximate surface area is 131 Å². The number of nitrogens with one attached hydrogen (secondary N) is 1. The highest BCUT2D eigenvalue weighted by atomic mass is 16.1. The van der Waals surface area contributed by atoms with Crippen LogP contribution in [0.3, 0.4) is 0 Å². The van der Waals surface area contributed by atoms with Crippen molar-refractivity contribution in [3.63, 3.8) is 0 Å². The Morgan fingerprint density at radius 2 is 1.83 bits per heavy atom. The van der Waals surface area contributed by atoms with Gasteiger partial charge in [0.2, 0.25) is 5.78 Å². The maximum absolute atomic E-state index is 13.0. The zero-order valence-corrected chi connectivity index (χ0v) is 12.4. The summed E-state index contributed by atoms with van der Waals surface area (Å²) in [5.41, 5.74) is 1.86. The molecule has 0 bridgehead atoms. The third-order valence-corrected chi connectivity index (χ3v) is 3.87. The number of fused-ring (bicyclic) bond motifs is 3. The molecule has 0 atom stereocenters. The van der Waals surface area contributed by atoms with Crippen molar-refractivity contribution in [1.82, 2.24) is 14.4 Å². The second-order valence-electron chi connectivity index (χ2n) is 5.37.